The van der Waals surface area contributed by atoms with Gasteiger partial charge in [-0.2, -0.15) is 0 Å². The predicted molar refractivity (Wildman–Crippen MR) is 72.6 cm³/mol. The standard InChI is InChI=1S/C12H12N2OS2/c1-8(2)6-13-11(15)9-7-17-12(14-9)10-4-3-5-16-10/h3-5,7H,1,6H2,2H3,(H,13,15). The van der Waals surface area contributed by atoms with Crippen LogP contribution in [0, 0.1) is 0 Å². The second kappa shape index (κ2) is 5.25. The molecule has 1 amide bonds. The van der Waals surface area contributed by atoms with E-state index in [0.29, 0.717) is 12.2 Å². The van der Waals surface area contributed by atoms with E-state index in [9.17, 15) is 4.79 Å². The molecule has 0 saturated carbocycles. The lowest BCUT2D eigenvalue weighted by molar-refractivity contribution is 0.0953. The molecule has 0 aromatic carbocycles. The lowest BCUT2D eigenvalue weighted by Gasteiger charge is -2.01. The molecule has 5 heteroatoms. The van der Waals surface area contributed by atoms with E-state index >= 15 is 0 Å². The Morgan fingerprint density at radius 3 is 3.00 bits per heavy atom. The molecular weight excluding hydrogens is 252 g/mol. The van der Waals surface area contributed by atoms with Crippen LogP contribution < -0.4 is 5.32 Å². The van der Waals surface area contributed by atoms with E-state index in [4.69, 9.17) is 0 Å². The quantitative estimate of drug-likeness (QED) is 0.862. The van der Waals surface area contributed by atoms with Crippen LogP contribution in [0.4, 0.5) is 0 Å². The molecule has 1 N–H and O–H groups in total. The molecule has 2 heterocycles. The third kappa shape index (κ3) is 3.01. The van der Waals surface area contributed by atoms with Gasteiger partial charge < -0.3 is 5.32 Å². The SMILES string of the molecule is C=C(C)CNC(=O)c1csc(-c2cccs2)n1. The van der Waals surface area contributed by atoms with Crippen molar-refractivity contribution in [1.29, 1.82) is 0 Å². The predicted octanol–water partition coefficient (Wildman–Crippen LogP) is 3.18. The van der Waals surface area contributed by atoms with Gasteiger partial charge in [0.05, 0.1) is 4.88 Å². The number of thiazole rings is 1. The number of amides is 1. The fourth-order valence-electron chi connectivity index (χ4n) is 1.21. The highest BCUT2D eigenvalue weighted by Crippen LogP contribution is 2.27. The van der Waals surface area contributed by atoms with Gasteiger partial charge in [-0.05, 0) is 18.4 Å². The molecule has 0 aliphatic rings. The summed E-state index contributed by atoms with van der Waals surface area (Å²) < 4.78 is 0. The Balaban J connectivity index is 2.08. The van der Waals surface area contributed by atoms with Crippen molar-refractivity contribution in [3.8, 4) is 9.88 Å². The molecule has 88 valence electrons. The lowest BCUT2D eigenvalue weighted by atomic mass is 10.3. The highest BCUT2D eigenvalue weighted by atomic mass is 32.1. The molecule has 0 radical (unpaired) electrons. The zero-order valence-corrected chi connectivity index (χ0v) is 11.0. The summed E-state index contributed by atoms with van der Waals surface area (Å²) >= 11 is 3.11. The summed E-state index contributed by atoms with van der Waals surface area (Å²) in [7, 11) is 0. The van der Waals surface area contributed by atoms with Crippen LogP contribution in [-0.2, 0) is 0 Å². The van der Waals surface area contributed by atoms with Crippen LogP contribution in [-0.4, -0.2) is 17.4 Å². The first kappa shape index (κ1) is 12.0. The number of carbonyl (C=O) groups excluding carboxylic acids is 1. The van der Waals surface area contributed by atoms with E-state index in [0.717, 1.165) is 15.5 Å². The molecule has 0 unspecified atom stereocenters. The molecule has 0 saturated heterocycles. The van der Waals surface area contributed by atoms with Crippen LogP contribution in [0.5, 0.6) is 0 Å². The average molecular weight is 264 g/mol. The van der Waals surface area contributed by atoms with Crippen molar-refractivity contribution in [1.82, 2.24) is 10.3 Å². The zero-order chi connectivity index (χ0) is 12.3. The summed E-state index contributed by atoms with van der Waals surface area (Å²) in [6.07, 6.45) is 0. The molecular formula is C12H12N2OS2. The summed E-state index contributed by atoms with van der Waals surface area (Å²) in [6.45, 7) is 6.10. The molecule has 0 aliphatic carbocycles. The topological polar surface area (TPSA) is 42.0 Å². The second-order valence-electron chi connectivity index (χ2n) is 3.65. The van der Waals surface area contributed by atoms with Gasteiger partial charge in [-0.3, -0.25) is 4.79 Å². The van der Waals surface area contributed by atoms with Gasteiger partial charge in [-0.25, -0.2) is 4.98 Å². The highest BCUT2D eigenvalue weighted by molar-refractivity contribution is 7.20. The zero-order valence-electron chi connectivity index (χ0n) is 9.40. The number of nitrogens with one attached hydrogen (secondary N) is 1. The molecule has 3 nitrogen and oxygen atoms in total. The molecule has 2 rings (SSSR count). The fourth-order valence-corrected chi connectivity index (χ4v) is 2.83. The van der Waals surface area contributed by atoms with E-state index in [2.05, 4.69) is 16.9 Å². The Kier molecular flexibility index (Phi) is 3.71. The Morgan fingerprint density at radius 2 is 2.35 bits per heavy atom. The number of hydrogen-bond donors (Lipinski definition) is 1. The molecule has 2 aromatic rings. The molecule has 2 aromatic heterocycles. The smallest absolute Gasteiger partial charge is 0.271 e. The van der Waals surface area contributed by atoms with Crippen LogP contribution >= 0.6 is 22.7 Å². The summed E-state index contributed by atoms with van der Waals surface area (Å²) in [5.74, 6) is -0.146. The van der Waals surface area contributed by atoms with Gasteiger partial charge in [0, 0.05) is 11.9 Å². The van der Waals surface area contributed by atoms with Gasteiger partial charge >= 0.3 is 0 Å². The number of carbonyl (C=O) groups is 1. The number of aromatic nitrogens is 1. The summed E-state index contributed by atoms with van der Waals surface area (Å²) in [4.78, 5) is 17.1. The van der Waals surface area contributed by atoms with Gasteiger partial charge in [0.25, 0.3) is 5.91 Å². The van der Waals surface area contributed by atoms with Gasteiger partial charge in [-0.15, -0.1) is 22.7 Å². The first-order chi connectivity index (χ1) is 8.16. The maximum Gasteiger partial charge on any atom is 0.271 e. The number of nitrogens with zero attached hydrogens (tertiary/aromatic N) is 1. The largest absolute Gasteiger partial charge is 0.347 e. The molecule has 0 spiro atoms. The van der Waals surface area contributed by atoms with Crippen molar-refractivity contribution in [2.24, 2.45) is 0 Å². The van der Waals surface area contributed by atoms with Crippen LogP contribution in [0.3, 0.4) is 0 Å². The molecule has 0 fully saturated rings. The van der Waals surface area contributed by atoms with Crippen molar-refractivity contribution in [2.75, 3.05) is 6.54 Å². The van der Waals surface area contributed by atoms with Crippen LogP contribution in [0.15, 0.2) is 35.0 Å². The minimum atomic E-state index is -0.146. The first-order valence-corrected chi connectivity index (χ1v) is 6.84. The van der Waals surface area contributed by atoms with E-state index in [1.165, 1.54) is 11.3 Å². The fraction of sp³-hybridized carbons (Fsp3) is 0.167. The number of rotatable bonds is 4. The van der Waals surface area contributed by atoms with Gasteiger partial charge in [0.15, 0.2) is 0 Å². The molecule has 0 aliphatic heterocycles. The van der Waals surface area contributed by atoms with Crippen LogP contribution in [0.25, 0.3) is 9.88 Å². The monoisotopic (exact) mass is 264 g/mol. The van der Waals surface area contributed by atoms with Gasteiger partial charge in [0.2, 0.25) is 0 Å². The molecule has 17 heavy (non-hydrogen) atoms. The third-order valence-corrected chi connectivity index (χ3v) is 3.90. The van der Waals surface area contributed by atoms with Crippen molar-refractivity contribution in [3.05, 3.63) is 40.7 Å². The van der Waals surface area contributed by atoms with Crippen molar-refractivity contribution < 1.29 is 4.79 Å². The molecule has 0 bridgehead atoms. The van der Waals surface area contributed by atoms with Crippen LogP contribution in [0.2, 0.25) is 0 Å². The lowest BCUT2D eigenvalue weighted by Crippen LogP contribution is -2.25. The van der Waals surface area contributed by atoms with Crippen molar-refractivity contribution in [3.63, 3.8) is 0 Å². The third-order valence-electron chi connectivity index (χ3n) is 2.02. The minimum absolute atomic E-state index is 0.146. The normalized spacial score (nSPS) is 10.2. The summed E-state index contributed by atoms with van der Waals surface area (Å²) in [5.41, 5.74) is 1.40. The molecule has 0 atom stereocenters. The highest BCUT2D eigenvalue weighted by Gasteiger charge is 2.11. The first-order valence-electron chi connectivity index (χ1n) is 5.09. The van der Waals surface area contributed by atoms with Crippen molar-refractivity contribution in [2.45, 2.75) is 6.92 Å². The second-order valence-corrected chi connectivity index (χ2v) is 5.46. The van der Waals surface area contributed by atoms with Crippen molar-refractivity contribution >= 4 is 28.6 Å². The van der Waals surface area contributed by atoms with Gasteiger partial charge in [-0.1, -0.05) is 18.2 Å². The van der Waals surface area contributed by atoms with Gasteiger partial charge in [0.1, 0.15) is 10.7 Å². The summed E-state index contributed by atoms with van der Waals surface area (Å²) in [5, 5.41) is 7.43. The average Bonchev–Trinajstić information content (AvgIpc) is 2.94. The number of hydrogen-bond acceptors (Lipinski definition) is 4. The van der Waals surface area contributed by atoms with E-state index < -0.39 is 0 Å². The van der Waals surface area contributed by atoms with E-state index in [1.807, 2.05) is 24.4 Å². The maximum absolute atomic E-state index is 11.7. The minimum Gasteiger partial charge on any atom is -0.347 e. The van der Waals surface area contributed by atoms with E-state index in [1.54, 1.807) is 16.7 Å². The maximum atomic E-state index is 11.7. The number of thiophene rings is 1. The Morgan fingerprint density at radius 1 is 1.53 bits per heavy atom. The Bertz CT molecular complexity index is 528. The Hall–Kier alpha value is -1.46. The summed E-state index contributed by atoms with van der Waals surface area (Å²) in [6, 6.07) is 3.97. The van der Waals surface area contributed by atoms with Crippen LogP contribution in [0.1, 0.15) is 17.4 Å². The Labute approximate surface area is 108 Å². The van der Waals surface area contributed by atoms with E-state index in [-0.39, 0.29) is 5.91 Å².